The van der Waals surface area contributed by atoms with Gasteiger partial charge in [-0.3, -0.25) is 0 Å². The highest BCUT2D eigenvalue weighted by molar-refractivity contribution is 6.30. The molecule has 0 N–H and O–H groups in total. The highest BCUT2D eigenvalue weighted by Gasteiger charge is 2.22. The zero-order chi connectivity index (χ0) is 39.0. The molecule has 0 amide bonds. The second-order valence-electron chi connectivity index (χ2n) is 15.3. The highest BCUT2D eigenvalue weighted by atomic mass is 14.2. The summed E-state index contributed by atoms with van der Waals surface area (Å²) in [5.74, 6) is 0. The molecule has 0 spiro atoms. The topological polar surface area (TPSA) is 0 Å². The first-order valence-electron chi connectivity index (χ1n) is 20.2. The molecule has 10 aromatic rings. The number of allylic oxidation sites excluding steroid dienone is 2. The lowest BCUT2D eigenvalue weighted by molar-refractivity contribution is 1.57. The largest absolute Gasteiger partial charge is 0.0622 e. The summed E-state index contributed by atoms with van der Waals surface area (Å²) in [4.78, 5) is 0. The van der Waals surface area contributed by atoms with Crippen molar-refractivity contribution in [1.82, 2.24) is 0 Å². The standard InChI is InChI=1S/C58H42/c1-39(43-17-5-3-6-18-43)37-41-29-33-45(34-30-41)55-47-21-9-13-25-51(47)57(52-26-14-10-22-48(52)55)58-53-27-15-11-23-49(53)56(50-24-12-16-28-54(50)58)46-35-31-42(32-36-46)38-40(2)44-19-7-4-8-20-44/h3-38H,1-2H3/b39-37+,40-38+. The molecule has 0 fully saturated rings. The van der Waals surface area contributed by atoms with E-state index in [1.54, 1.807) is 0 Å². The van der Waals surface area contributed by atoms with Crippen LogP contribution in [0.3, 0.4) is 0 Å². The third kappa shape index (κ3) is 6.30. The van der Waals surface area contributed by atoms with E-state index in [4.69, 9.17) is 0 Å². The summed E-state index contributed by atoms with van der Waals surface area (Å²) in [6.45, 7) is 4.37. The number of hydrogen-bond acceptors (Lipinski definition) is 0. The first-order valence-corrected chi connectivity index (χ1v) is 20.2. The average Bonchev–Trinajstić information content (AvgIpc) is 3.29. The van der Waals surface area contributed by atoms with Crippen molar-refractivity contribution >= 4 is 66.4 Å². The van der Waals surface area contributed by atoms with E-state index < -0.39 is 0 Å². The molecule has 0 aromatic heterocycles. The Balaban J connectivity index is 1.16. The van der Waals surface area contributed by atoms with Crippen molar-refractivity contribution < 1.29 is 0 Å². The first-order chi connectivity index (χ1) is 28.6. The van der Waals surface area contributed by atoms with Crippen molar-refractivity contribution in [2.75, 3.05) is 0 Å². The Hall–Kier alpha value is -7.28. The molecule has 58 heavy (non-hydrogen) atoms. The minimum Gasteiger partial charge on any atom is -0.0622 e. The molecule has 274 valence electrons. The summed E-state index contributed by atoms with van der Waals surface area (Å²) in [6, 6.07) is 75.4. The van der Waals surface area contributed by atoms with Gasteiger partial charge in [-0.15, -0.1) is 0 Å². The van der Waals surface area contributed by atoms with Crippen molar-refractivity contribution in [2.45, 2.75) is 13.8 Å². The molecule has 10 aromatic carbocycles. The van der Waals surface area contributed by atoms with Crippen LogP contribution >= 0.6 is 0 Å². The second-order valence-corrected chi connectivity index (χ2v) is 15.3. The molecule has 0 saturated heterocycles. The molecule has 0 nitrogen and oxygen atoms in total. The summed E-state index contributed by atoms with van der Waals surface area (Å²) in [7, 11) is 0. The molecule has 10 rings (SSSR count). The highest BCUT2D eigenvalue weighted by Crippen LogP contribution is 2.50. The molecule has 0 aliphatic heterocycles. The summed E-state index contributed by atoms with van der Waals surface area (Å²) in [6.07, 6.45) is 4.55. The fraction of sp³-hybridized carbons (Fsp3) is 0.0345. The third-order valence-corrected chi connectivity index (χ3v) is 11.7. The minimum atomic E-state index is 1.20. The van der Waals surface area contributed by atoms with Gasteiger partial charge in [0.1, 0.15) is 0 Å². The van der Waals surface area contributed by atoms with E-state index >= 15 is 0 Å². The van der Waals surface area contributed by atoms with Crippen LogP contribution in [0.4, 0.5) is 0 Å². The van der Waals surface area contributed by atoms with Crippen LogP contribution in [0, 0.1) is 0 Å². The normalized spacial score (nSPS) is 12.2. The van der Waals surface area contributed by atoms with Gasteiger partial charge in [-0.05, 0) is 124 Å². The zero-order valence-corrected chi connectivity index (χ0v) is 32.8. The minimum absolute atomic E-state index is 1.20. The third-order valence-electron chi connectivity index (χ3n) is 11.7. The van der Waals surface area contributed by atoms with E-state index in [1.165, 1.54) is 110 Å². The molecular formula is C58H42. The number of hydrogen-bond donors (Lipinski definition) is 0. The molecule has 0 radical (unpaired) electrons. The SMILES string of the molecule is C/C(=C\c1ccc(-c2c3ccccc3c(-c3c4ccccc4c(-c4ccc(/C=C(\C)c5ccccc5)cc4)c4ccccc34)c3ccccc23)cc1)c1ccccc1. The van der Waals surface area contributed by atoms with Gasteiger partial charge >= 0.3 is 0 Å². The van der Waals surface area contributed by atoms with Crippen LogP contribution in [0.25, 0.3) is 99.8 Å². The number of fused-ring (bicyclic) bond motifs is 4. The van der Waals surface area contributed by atoms with E-state index in [-0.39, 0.29) is 0 Å². The molecule has 0 saturated carbocycles. The van der Waals surface area contributed by atoms with E-state index in [2.05, 4.69) is 232 Å². The van der Waals surface area contributed by atoms with E-state index in [0.717, 1.165) is 0 Å². The molecule has 0 atom stereocenters. The van der Waals surface area contributed by atoms with E-state index in [0.29, 0.717) is 0 Å². The Morgan fingerprint density at radius 3 is 0.776 bits per heavy atom. The molecule has 0 heteroatoms. The quantitative estimate of drug-likeness (QED) is 0.113. The van der Waals surface area contributed by atoms with Gasteiger partial charge in [-0.1, -0.05) is 218 Å². The van der Waals surface area contributed by atoms with Crippen molar-refractivity contribution in [3.05, 3.63) is 229 Å². The van der Waals surface area contributed by atoms with Crippen LogP contribution in [0.5, 0.6) is 0 Å². The van der Waals surface area contributed by atoms with Crippen LogP contribution in [-0.2, 0) is 0 Å². The fourth-order valence-corrected chi connectivity index (χ4v) is 8.98. The molecular weight excluding hydrogens is 697 g/mol. The van der Waals surface area contributed by atoms with E-state index in [9.17, 15) is 0 Å². The summed E-state index contributed by atoms with van der Waals surface area (Å²) >= 11 is 0. The Morgan fingerprint density at radius 1 is 0.259 bits per heavy atom. The maximum Gasteiger partial charge on any atom is -0.00139 e. The Labute approximate surface area is 340 Å². The molecule has 0 unspecified atom stereocenters. The van der Waals surface area contributed by atoms with Crippen LogP contribution in [0.1, 0.15) is 36.1 Å². The maximum absolute atomic E-state index is 2.32. The van der Waals surface area contributed by atoms with Crippen molar-refractivity contribution in [1.29, 1.82) is 0 Å². The van der Waals surface area contributed by atoms with Gasteiger partial charge in [0.15, 0.2) is 0 Å². The maximum atomic E-state index is 2.32. The average molecular weight is 739 g/mol. The summed E-state index contributed by atoms with van der Waals surface area (Å²) in [5, 5.41) is 10.1. The van der Waals surface area contributed by atoms with Gasteiger partial charge in [0.25, 0.3) is 0 Å². The van der Waals surface area contributed by atoms with Gasteiger partial charge < -0.3 is 0 Å². The lowest BCUT2D eigenvalue weighted by Gasteiger charge is -2.22. The first kappa shape index (κ1) is 35.2. The predicted molar refractivity (Wildman–Crippen MR) is 253 cm³/mol. The van der Waals surface area contributed by atoms with Crippen molar-refractivity contribution in [2.24, 2.45) is 0 Å². The zero-order valence-electron chi connectivity index (χ0n) is 32.8. The van der Waals surface area contributed by atoms with Crippen LogP contribution in [0.2, 0.25) is 0 Å². The van der Waals surface area contributed by atoms with Gasteiger partial charge in [0.2, 0.25) is 0 Å². The van der Waals surface area contributed by atoms with Crippen molar-refractivity contribution in [3.63, 3.8) is 0 Å². The molecule has 0 bridgehead atoms. The lowest BCUT2D eigenvalue weighted by atomic mass is 9.81. The van der Waals surface area contributed by atoms with Crippen molar-refractivity contribution in [3.8, 4) is 33.4 Å². The Morgan fingerprint density at radius 2 is 0.500 bits per heavy atom. The van der Waals surface area contributed by atoms with Gasteiger partial charge in [0, 0.05) is 0 Å². The Kier molecular flexibility index (Phi) is 9.09. The summed E-state index contributed by atoms with van der Waals surface area (Å²) in [5.41, 5.74) is 14.9. The van der Waals surface area contributed by atoms with Gasteiger partial charge in [0.05, 0.1) is 0 Å². The van der Waals surface area contributed by atoms with Crippen LogP contribution < -0.4 is 0 Å². The lowest BCUT2D eigenvalue weighted by Crippen LogP contribution is -1.94. The molecule has 0 aliphatic carbocycles. The Bertz CT molecular complexity index is 2850. The smallest absolute Gasteiger partial charge is 0.00139 e. The molecule has 0 heterocycles. The van der Waals surface area contributed by atoms with Crippen LogP contribution in [0.15, 0.2) is 206 Å². The number of benzene rings is 10. The van der Waals surface area contributed by atoms with Crippen LogP contribution in [-0.4, -0.2) is 0 Å². The predicted octanol–water partition coefficient (Wildman–Crippen LogP) is 16.4. The van der Waals surface area contributed by atoms with E-state index in [1.807, 2.05) is 0 Å². The number of rotatable bonds is 7. The second kappa shape index (κ2) is 15.0. The van der Waals surface area contributed by atoms with Gasteiger partial charge in [-0.2, -0.15) is 0 Å². The monoisotopic (exact) mass is 738 g/mol. The fourth-order valence-electron chi connectivity index (χ4n) is 8.98. The van der Waals surface area contributed by atoms with Gasteiger partial charge in [-0.25, -0.2) is 0 Å². The molecule has 0 aliphatic rings. The summed E-state index contributed by atoms with van der Waals surface area (Å²) < 4.78 is 0.